The second kappa shape index (κ2) is 5.07. The maximum Gasteiger partial charge on any atom is 0.123 e. The zero-order valence-electron chi connectivity index (χ0n) is 9.18. The molecule has 2 rings (SSSR count). The second-order valence-electron chi connectivity index (χ2n) is 3.64. The Hall–Kier alpha value is -1.72. The van der Waals surface area contributed by atoms with Gasteiger partial charge in [0.2, 0.25) is 0 Å². The van der Waals surface area contributed by atoms with Gasteiger partial charge in [-0.25, -0.2) is 4.98 Å². The minimum absolute atomic E-state index is 0.131. The Morgan fingerprint density at radius 2 is 2.06 bits per heavy atom. The summed E-state index contributed by atoms with van der Waals surface area (Å²) < 4.78 is 0. The van der Waals surface area contributed by atoms with Crippen molar-refractivity contribution >= 4 is 17.3 Å². The van der Waals surface area contributed by atoms with Gasteiger partial charge in [-0.05, 0) is 0 Å². The lowest BCUT2D eigenvalue weighted by Gasteiger charge is -1.98. The summed E-state index contributed by atoms with van der Waals surface area (Å²) >= 11 is 1.44. The van der Waals surface area contributed by atoms with Gasteiger partial charge in [0.05, 0.1) is 12.2 Å². The molecule has 4 nitrogen and oxygen atoms in total. The molecule has 1 heterocycles. The number of aromatic nitrogens is 1. The van der Waals surface area contributed by atoms with Crippen molar-refractivity contribution in [2.24, 2.45) is 0 Å². The third kappa shape index (κ3) is 2.89. The first kappa shape index (κ1) is 11.8. The molecular weight excluding hydrogens is 236 g/mol. The third-order valence-corrected chi connectivity index (χ3v) is 3.31. The van der Waals surface area contributed by atoms with E-state index in [0.29, 0.717) is 5.69 Å². The number of thiazole rings is 1. The maximum atomic E-state index is 10.4. The van der Waals surface area contributed by atoms with Crippen molar-refractivity contribution in [2.45, 2.75) is 13.0 Å². The molecule has 0 atom stereocenters. The van der Waals surface area contributed by atoms with Crippen molar-refractivity contribution in [3.05, 3.63) is 40.9 Å². The Morgan fingerprint density at radius 3 is 2.65 bits per heavy atom. The Morgan fingerprint density at radius 1 is 1.35 bits per heavy atom. The number of nitrogens with zero attached hydrogens (tertiary/aromatic N) is 1. The van der Waals surface area contributed by atoms with Gasteiger partial charge in [0.25, 0.3) is 0 Å². The van der Waals surface area contributed by atoms with Crippen LogP contribution in [0.25, 0.3) is 10.6 Å². The molecule has 0 unspecified atom stereocenters. The van der Waals surface area contributed by atoms with Crippen LogP contribution in [0, 0.1) is 0 Å². The number of carbonyl (C=O) groups excluding carboxylic acids is 1. The van der Waals surface area contributed by atoms with Crippen molar-refractivity contribution in [3.8, 4) is 10.6 Å². The Balaban J connectivity index is 2.21. The smallest absolute Gasteiger partial charge is 0.123 e. The van der Waals surface area contributed by atoms with Crippen LogP contribution in [0.15, 0.2) is 29.6 Å². The van der Waals surface area contributed by atoms with Gasteiger partial charge in [0.15, 0.2) is 0 Å². The highest BCUT2D eigenvalue weighted by Crippen LogP contribution is 2.24. The van der Waals surface area contributed by atoms with E-state index in [1.54, 1.807) is 5.38 Å². The Labute approximate surface area is 103 Å². The number of hydrogen-bond acceptors (Lipinski definition) is 4. The van der Waals surface area contributed by atoms with E-state index < -0.39 is 5.97 Å². The summed E-state index contributed by atoms with van der Waals surface area (Å²) in [6.07, 6.45) is -0.131. The molecule has 0 aliphatic rings. The van der Waals surface area contributed by atoms with Crippen molar-refractivity contribution < 1.29 is 15.6 Å². The predicted molar refractivity (Wildman–Crippen MR) is 62.9 cm³/mol. The number of rotatable bonds is 4. The highest BCUT2D eigenvalue weighted by atomic mass is 32.1. The molecule has 0 aliphatic carbocycles. The van der Waals surface area contributed by atoms with E-state index in [4.69, 9.17) is 0 Å². The standard InChI is InChI=1S/C12H12N2O2S/c13-6-8-1-3-9(4-2-8)12-14-10(7-17-12)5-11(15)16/h1-4,7H,5-6,13H2,(H,15,16). The zero-order chi connectivity index (χ0) is 12.3. The highest BCUT2D eigenvalue weighted by molar-refractivity contribution is 7.13. The fourth-order valence-corrected chi connectivity index (χ4v) is 2.31. The minimum atomic E-state index is -1.10. The molecule has 17 heavy (non-hydrogen) atoms. The summed E-state index contributed by atoms with van der Waals surface area (Å²) in [4.78, 5) is 14.7. The second-order valence-corrected chi connectivity index (χ2v) is 4.50. The summed E-state index contributed by atoms with van der Waals surface area (Å²) in [5.41, 5.74) is 6.52. The fourth-order valence-electron chi connectivity index (χ4n) is 1.48. The van der Waals surface area contributed by atoms with Gasteiger partial charge in [-0.1, -0.05) is 24.3 Å². The van der Waals surface area contributed by atoms with Crippen molar-refractivity contribution in [2.75, 3.05) is 0 Å². The van der Waals surface area contributed by atoms with Crippen molar-refractivity contribution in [3.63, 3.8) is 0 Å². The number of hydrogen-bond donors (Lipinski definition) is 1. The van der Waals surface area contributed by atoms with Crippen molar-refractivity contribution in [1.29, 1.82) is 0 Å². The molecule has 3 N–H and O–H groups in total. The molecule has 0 saturated carbocycles. The lowest BCUT2D eigenvalue weighted by Crippen LogP contribution is -2.47. The minimum Gasteiger partial charge on any atom is -0.550 e. The summed E-state index contributed by atoms with van der Waals surface area (Å²) in [6.45, 7) is 0.758. The van der Waals surface area contributed by atoms with E-state index >= 15 is 0 Å². The predicted octanol–water partition coefficient (Wildman–Crippen LogP) is -0.156. The van der Waals surface area contributed by atoms with E-state index in [-0.39, 0.29) is 6.42 Å². The number of aliphatic carboxylic acids is 1. The molecule has 0 saturated heterocycles. The molecular formula is C12H12N2O2S. The molecule has 1 aromatic heterocycles. The van der Waals surface area contributed by atoms with Crippen LogP contribution in [0.2, 0.25) is 0 Å². The summed E-state index contributed by atoms with van der Waals surface area (Å²) in [6, 6.07) is 7.95. The van der Waals surface area contributed by atoms with Crippen LogP contribution < -0.4 is 10.8 Å². The van der Waals surface area contributed by atoms with Crippen LogP contribution in [0.5, 0.6) is 0 Å². The molecule has 2 aromatic rings. The fraction of sp³-hybridized carbons (Fsp3) is 0.167. The van der Waals surface area contributed by atoms with Crippen LogP contribution in [-0.4, -0.2) is 11.0 Å². The van der Waals surface area contributed by atoms with Gasteiger partial charge in [0, 0.05) is 28.9 Å². The van der Waals surface area contributed by atoms with Crippen LogP contribution in [-0.2, 0) is 17.8 Å². The van der Waals surface area contributed by atoms with Crippen molar-refractivity contribution in [1.82, 2.24) is 4.98 Å². The van der Waals surface area contributed by atoms with Crippen LogP contribution in [0.4, 0.5) is 0 Å². The monoisotopic (exact) mass is 248 g/mol. The number of carbonyl (C=O) groups is 1. The molecule has 0 amide bonds. The molecule has 0 fully saturated rings. The van der Waals surface area contributed by atoms with Gasteiger partial charge in [0.1, 0.15) is 5.01 Å². The van der Waals surface area contributed by atoms with Crippen LogP contribution >= 0.6 is 11.3 Å². The number of carboxylic acids is 1. The highest BCUT2D eigenvalue weighted by Gasteiger charge is 2.05. The van der Waals surface area contributed by atoms with E-state index in [1.807, 2.05) is 24.3 Å². The topological polar surface area (TPSA) is 80.7 Å². The van der Waals surface area contributed by atoms with Gasteiger partial charge in [-0.2, -0.15) is 0 Å². The number of carboxylic acid groups (broad SMARTS) is 1. The van der Waals surface area contributed by atoms with Crippen LogP contribution in [0.3, 0.4) is 0 Å². The molecule has 0 spiro atoms. The van der Waals surface area contributed by atoms with E-state index in [0.717, 1.165) is 17.1 Å². The maximum absolute atomic E-state index is 10.4. The first-order chi connectivity index (χ1) is 8.19. The molecule has 88 valence electrons. The Bertz CT molecular complexity index is 520. The lowest BCUT2D eigenvalue weighted by molar-refractivity contribution is -0.386. The van der Waals surface area contributed by atoms with Gasteiger partial charge >= 0.3 is 0 Å². The lowest BCUT2D eigenvalue weighted by atomic mass is 10.1. The summed E-state index contributed by atoms with van der Waals surface area (Å²) in [5.74, 6) is -1.10. The number of quaternary nitrogens is 1. The Kier molecular flexibility index (Phi) is 3.51. The first-order valence-electron chi connectivity index (χ1n) is 5.22. The summed E-state index contributed by atoms with van der Waals surface area (Å²) in [7, 11) is 0. The molecule has 0 bridgehead atoms. The van der Waals surface area contributed by atoms with Gasteiger partial charge in [-0.3, -0.25) is 0 Å². The zero-order valence-corrected chi connectivity index (χ0v) is 10.00. The number of benzene rings is 1. The average molecular weight is 248 g/mol. The molecule has 1 aromatic carbocycles. The molecule has 0 radical (unpaired) electrons. The van der Waals surface area contributed by atoms with E-state index in [9.17, 15) is 9.90 Å². The van der Waals surface area contributed by atoms with Gasteiger partial charge < -0.3 is 15.6 Å². The third-order valence-electron chi connectivity index (χ3n) is 2.37. The average Bonchev–Trinajstić information content (AvgIpc) is 2.77. The molecule has 5 heteroatoms. The van der Waals surface area contributed by atoms with E-state index in [2.05, 4.69) is 10.7 Å². The van der Waals surface area contributed by atoms with E-state index in [1.165, 1.54) is 16.9 Å². The first-order valence-corrected chi connectivity index (χ1v) is 6.10. The molecule has 0 aliphatic heterocycles. The van der Waals surface area contributed by atoms with Crippen LogP contribution in [0.1, 0.15) is 11.3 Å². The largest absolute Gasteiger partial charge is 0.550 e. The SMILES string of the molecule is [NH3+]Cc1ccc(-c2nc(CC(=O)[O-])cs2)cc1. The quantitative estimate of drug-likeness (QED) is 0.816. The normalized spacial score (nSPS) is 10.4. The van der Waals surface area contributed by atoms with Gasteiger partial charge in [-0.15, -0.1) is 11.3 Å². The summed E-state index contributed by atoms with van der Waals surface area (Å²) in [5, 5.41) is 13.0.